The highest BCUT2D eigenvalue weighted by molar-refractivity contribution is 5.87. The molecule has 1 saturated heterocycles. The minimum absolute atomic E-state index is 0.0793. The molecule has 4 aliphatic carbocycles. The Balaban J connectivity index is 1.43. The first-order valence-electron chi connectivity index (χ1n) is 13.3. The van der Waals surface area contributed by atoms with Crippen molar-refractivity contribution < 1.29 is 14.6 Å². The zero-order chi connectivity index (χ0) is 23.1. The fourth-order valence-electron chi connectivity index (χ4n) is 8.93. The van der Waals surface area contributed by atoms with Crippen LogP contribution in [-0.2, 0) is 9.53 Å². The summed E-state index contributed by atoms with van der Waals surface area (Å²) < 4.78 is 6.35. The second kappa shape index (κ2) is 7.45. The van der Waals surface area contributed by atoms with Gasteiger partial charge in [-0.2, -0.15) is 0 Å². The Morgan fingerprint density at radius 1 is 1.06 bits per heavy atom. The summed E-state index contributed by atoms with van der Waals surface area (Å²) in [6, 6.07) is 0. The lowest BCUT2D eigenvalue weighted by molar-refractivity contribution is -0.161. The van der Waals surface area contributed by atoms with E-state index in [4.69, 9.17) is 4.74 Å². The van der Waals surface area contributed by atoms with Gasteiger partial charge in [0, 0.05) is 0 Å². The predicted molar refractivity (Wildman–Crippen MR) is 128 cm³/mol. The highest BCUT2D eigenvalue weighted by atomic mass is 16.6. The second-order valence-corrected chi connectivity index (χ2v) is 12.9. The molecule has 1 spiro atoms. The van der Waals surface area contributed by atoms with Crippen LogP contribution in [0.5, 0.6) is 0 Å². The molecular formula is C29H44O3. The summed E-state index contributed by atoms with van der Waals surface area (Å²) in [5.74, 6) is 3.44. The lowest BCUT2D eigenvalue weighted by Crippen LogP contribution is -2.52. The molecule has 0 aromatic rings. The van der Waals surface area contributed by atoms with Crippen molar-refractivity contribution in [2.45, 2.75) is 105 Å². The summed E-state index contributed by atoms with van der Waals surface area (Å²) in [4.78, 5) is 13.7. The molecule has 5 rings (SSSR count). The van der Waals surface area contributed by atoms with Crippen molar-refractivity contribution >= 4 is 5.97 Å². The molecule has 0 radical (unpaired) electrons. The van der Waals surface area contributed by atoms with Gasteiger partial charge in [-0.3, -0.25) is 4.79 Å². The van der Waals surface area contributed by atoms with Crippen LogP contribution in [-0.4, -0.2) is 22.8 Å². The molecule has 0 aromatic heterocycles. The van der Waals surface area contributed by atoms with Crippen molar-refractivity contribution in [3.05, 3.63) is 23.3 Å². The van der Waals surface area contributed by atoms with Crippen LogP contribution in [0.1, 0.15) is 92.9 Å². The van der Waals surface area contributed by atoms with Gasteiger partial charge < -0.3 is 9.84 Å². The van der Waals surface area contributed by atoms with Crippen molar-refractivity contribution in [3.63, 3.8) is 0 Å². The number of fused-ring (bicyclic) bond motifs is 4. The summed E-state index contributed by atoms with van der Waals surface area (Å²) in [5.41, 5.74) is 2.23. The van der Waals surface area contributed by atoms with E-state index in [0.717, 1.165) is 51.4 Å². The molecule has 0 aromatic carbocycles. The molecule has 0 amide bonds. The average Bonchev–Trinajstić information content (AvgIpc) is 3.23. The molecule has 3 heteroatoms. The van der Waals surface area contributed by atoms with Crippen LogP contribution in [0.4, 0.5) is 0 Å². The van der Waals surface area contributed by atoms with Gasteiger partial charge >= 0.3 is 5.97 Å². The molecular weight excluding hydrogens is 396 g/mol. The number of aliphatic hydroxyl groups excluding tert-OH is 1. The number of rotatable bonds is 4. The average molecular weight is 441 g/mol. The third-order valence-corrected chi connectivity index (χ3v) is 11.1. The molecule has 1 aliphatic heterocycles. The van der Waals surface area contributed by atoms with Gasteiger partial charge in [0.05, 0.1) is 11.5 Å². The lowest BCUT2D eigenvalue weighted by atomic mass is 9.47. The van der Waals surface area contributed by atoms with Crippen molar-refractivity contribution in [3.8, 4) is 0 Å². The van der Waals surface area contributed by atoms with Crippen LogP contribution in [0.3, 0.4) is 0 Å². The molecule has 3 fully saturated rings. The van der Waals surface area contributed by atoms with Gasteiger partial charge in [-0.05, 0) is 105 Å². The maximum absolute atomic E-state index is 13.7. The van der Waals surface area contributed by atoms with Crippen LogP contribution < -0.4 is 0 Å². The van der Waals surface area contributed by atoms with E-state index in [1.54, 1.807) is 0 Å². The number of allylic oxidation sites excluding steroid dienone is 2. The first kappa shape index (κ1) is 22.7. The standard InChI is InChI=1S/C29H44O3/c1-17(2)19(4)18(3)16-28(6)25-10-9-24-22-8-7-20-15-21(30)11-13-27(20,5)23(22)12-14-29(24,25)26(31)32-28/h7,10,17-19,21-24,30H,8-9,11-16H2,1-6H3. The number of ether oxygens (including phenoxy) is 1. The van der Waals surface area contributed by atoms with E-state index in [2.05, 4.69) is 53.7 Å². The van der Waals surface area contributed by atoms with Gasteiger partial charge in [0.2, 0.25) is 0 Å². The number of aliphatic hydroxyl groups is 1. The molecule has 178 valence electrons. The largest absolute Gasteiger partial charge is 0.454 e. The minimum Gasteiger partial charge on any atom is -0.454 e. The Morgan fingerprint density at radius 2 is 1.81 bits per heavy atom. The van der Waals surface area contributed by atoms with Gasteiger partial charge in [-0.15, -0.1) is 0 Å². The van der Waals surface area contributed by atoms with Crippen molar-refractivity contribution in [1.82, 2.24) is 0 Å². The van der Waals surface area contributed by atoms with E-state index in [-0.39, 0.29) is 22.9 Å². The SMILES string of the molecule is CC(C)C(C)C(C)CC1(C)OC(=O)C23CCC4C(CC=C5CC(O)CCC54C)C2CC=C13. The van der Waals surface area contributed by atoms with Gasteiger partial charge in [0.15, 0.2) is 0 Å². The zero-order valence-corrected chi connectivity index (χ0v) is 21.1. The fourth-order valence-corrected chi connectivity index (χ4v) is 8.93. The topological polar surface area (TPSA) is 46.5 Å². The number of esters is 1. The second-order valence-electron chi connectivity index (χ2n) is 12.9. The Labute approximate surface area is 195 Å². The third-order valence-electron chi connectivity index (χ3n) is 11.1. The van der Waals surface area contributed by atoms with Crippen LogP contribution in [0.2, 0.25) is 0 Å². The van der Waals surface area contributed by atoms with Crippen molar-refractivity contribution in [2.24, 2.45) is 46.3 Å². The normalized spacial score (nSPS) is 46.9. The van der Waals surface area contributed by atoms with Gasteiger partial charge in [-0.25, -0.2) is 0 Å². The Morgan fingerprint density at radius 3 is 2.53 bits per heavy atom. The molecule has 32 heavy (non-hydrogen) atoms. The first-order chi connectivity index (χ1) is 15.0. The zero-order valence-electron chi connectivity index (χ0n) is 21.1. The maximum Gasteiger partial charge on any atom is 0.317 e. The molecule has 9 atom stereocenters. The van der Waals surface area contributed by atoms with Crippen LogP contribution in [0.15, 0.2) is 23.3 Å². The summed E-state index contributed by atoms with van der Waals surface area (Å²) in [7, 11) is 0. The molecule has 2 saturated carbocycles. The highest BCUT2D eigenvalue weighted by Crippen LogP contribution is 2.69. The Bertz CT molecular complexity index is 854. The number of hydrogen-bond donors (Lipinski definition) is 1. The third kappa shape index (κ3) is 2.98. The number of carbonyl (C=O) groups is 1. The van der Waals surface area contributed by atoms with Crippen LogP contribution in [0.25, 0.3) is 0 Å². The van der Waals surface area contributed by atoms with E-state index in [1.165, 1.54) is 11.1 Å². The maximum atomic E-state index is 13.7. The number of carbonyl (C=O) groups excluding carboxylic acids is 1. The molecule has 0 bridgehead atoms. The number of cyclic esters (lactones) is 1. The van der Waals surface area contributed by atoms with Gasteiger partial charge in [0.25, 0.3) is 0 Å². The van der Waals surface area contributed by atoms with E-state index in [9.17, 15) is 9.90 Å². The Kier molecular flexibility index (Phi) is 5.29. The minimum atomic E-state index is -0.435. The van der Waals surface area contributed by atoms with Crippen molar-refractivity contribution in [2.75, 3.05) is 0 Å². The van der Waals surface area contributed by atoms with Gasteiger partial charge in [0.1, 0.15) is 5.60 Å². The van der Waals surface area contributed by atoms with E-state index in [0.29, 0.717) is 35.5 Å². The lowest BCUT2D eigenvalue weighted by Gasteiger charge is -2.56. The van der Waals surface area contributed by atoms with Crippen LogP contribution in [0, 0.1) is 46.3 Å². The smallest absolute Gasteiger partial charge is 0.317 e. The van der Waals surface area contributed by atoms with Gasteiger partial charge in [-0.1, -0.05) is 52.3 Å². The molecule has 9 unspecified atom stereocenters. The first-order valence-corrected chi connectivity index (χ1v) is 13.3. The van der Waals surface area contributed by atoms with Crippen LogP contribution >= 0.6 is 0 Å². The summed E-state index contributed by atoms with van der Waals surface area (Å²) in [5, 5.41) is 10.3. The number of hydrogen-bond acceptors (Lipinski definition) is 3. The summed E-state index contributed by atoms with van der Waals surface area (Å²) in [6.07, 6.45) is 12.7. The molecule has 1 N–H and O–H groups in total. The van der Waals surface area contributed by atoms with E-state index < -0.39 is 5.60 Å². The predicted octanol–water partition coefficient (Wildman–Crippen LogP) is 6.46. The quantitative estimate of drug-likeness (QED) is 0.403. The molecule has 1 heterocycles. The molecule has 5 aliphatic rings. The summed E-state index contributed by atoms with van der Waals surface area (Å²) in [6.45, 7) is 13.9. The monoisotopic (exact) mass is 440 g/mol. The highest BCUT2D eigenvalue weighted by Gasteiger charge is 2.68. The molecule has 3 nitrogen and oxygen atoms in total. The van der Waals surface area contributed by atoms with E-state index in [1.807, 2.05) is 0 Å². The van der Waals surface area contributed by atoms with Crippen molar-refractivity contribution in [1.29, 1.82) is 0 Å². The Hall–Kier alpha value is -1.09. The summed E-state index contributed by atoms with van der Waals surface area (Å²) >= 11 is 0. The van der Waals surface area contributed by atoms with E-state index >= 15 is 0 Å². The fraction of sp³-hybridized carbons (Fsp3) is 0.828.